The van der Waals surface area contributed by atoms with Gasteiger partial charge in [-0.2, -0.15) is 0 Å². The maximum Gasteiger partial charge on any atom is 0.165 e. The molecular weight excluding hydrogens is 265 g/mol. The Balaban J connectivity index is 0.000000491. The number of hydrogen-bond donors (Lipinski definition) is 0. The van der Waals surface area contributed by atoms with Crippen molar-refractivity contribution in [1.82, 2.24) is 4.90 Å². The largest absolute Gasteiger partial charge is 0.490 e. The quantitative estimate of drug-likeness (QED) is 0.801. The zero-order valence-electron chi connectivity index (χ0n) is 14.0. The molecule has 1 aromatic rings. The first-order chi connectivity index (χ1) is 10.1. The van der Waals surface area contributed by atoms with Gasteiger partial charge in [0.05, 0.1) is 6.61 Å². The van der Waals surface area contributed by atoms with Crippen molar-refractivity contribution in [2.24, 2.45) is 5.92 Å². The SMILES string of the molecule is CCCC.Cc1ccc(F)c(OCC2CCN(C)CC2)c1. The molecule has 0 aliphatic carbocycles. The number of unbranched alkanes of at least 4 members (excludes halogenated alkanes) is 1. The van der Waals surface area contributed by atoms with Crippen LogP contribution in [0.2, 0.25) is 0 Å². The molecular formula is C18H30FNO. The number of nitrogens with zero attached hydrogens (tertiary/aromatic N) is 1. The van der Waals surface area contributed by atoms with Crippen LogP contribution in [0.15, 0.2) is 18.2 Å². The Morgan fingerprint density at radius 1 is 1.19 bits per heavy atom. The van der Waals surface area contributed by atoms with Crippen LogP contribution in [-0.4, -0.2) is 31.6 Å². The van der Waals surface area contributed by atoms with Crippen LogP contribution in [0.4, 0.5) is 4.39 Å². The molecule has 0 spiro atoms. The summed E-state index contributed by atoms with van der Waals surface area (Å²) in [7, 11) is 2.14. The van der Waals surface area contributed by atoms with Gasteiger partial charge in [-0.25, -0.2) is 4.39 Å². The molecule has 3 heteroatoms. The van der Waals surface area contributed by atoms with Crippen LogP contribution < -0.4 is 4.74 Å². The van der Waals surface area contributed by atoms with E-state index in [0.29, 0.717) is 18.3 Å². The summed E-state index contributed by atoms with van der Waals surface area (Å²) in [5.74, 6) is 0.693. The van der Waals surface area contributed by atoms with Crippen molar-refractivity contribution >= 4 is 0 Å². The highest BCUT2D eigenvalue weighted by Crippen LogP contribution is 2.22. The Kier molecular flexibility index (Phi) is 8.36. The van der Waals surface area contributed by atoms with Crippen molar-refractivity contribution in [3.8, 4) is 5.75 Å². The Hall–Kier alpha value is -1.09. The van der Waals surface area contributed by atoms with Gasteiger partial charge in [0.2, 0.25) is 0 Å². The van der Waals surface area contributed by atoms with Crippen molar-refractivity contribution in [2.75, 3.05) is 26.7 Å². The molecule has 0 radical (unpaired) electrons. The maximum absolute atomic E-state index is 13.5. The number of halogens is 1. The molecule has 1 aliphatic rings. The standard InChI is InChI=1S/C14H20FNO.C4H10/c1-11-3-4-13(15)14(9-11)17-10-12-5-7-16(2)8-6-12;1-3-4-2/h3-4,9,12H,5-8,10H2,1-2H3;3-4H2,1-2H3. The fraction of sp³-hybridized carbons (Fsp3) is 0.667. The zero-order valence-corrected chi connectivity index (χ0v) is 14.0. The predicted molar refractivity (Wildman–Crippen MR) is 87.4 cm³/mol. The van der Waals surface area contributed by atoms with Crippen molar-refractivity contribution in [3.05, 3.63) is 29.6 Å². The smallest absolute Gasteiger partial charge is 0.165 e. The summed E-state index contributed by atoms with van der Waals surface area (Å²) in [6.45, 7) is 9.17. The van der Waals surface area contributed by atoms with E-state index in [0.717, 1.165) is 31.5 Å². The van der Waals surface area contributed by atoms with Gasteiger partial charge < -0.3 is 9.64 Å². The van der Waals surface area contributed by atoms with E-state index in [-0.39, 0.29) is 5.82 Å². The van der Waals surface area contributed by atoms with Crippen molar-refractivity contribution in [3.63, 3.8) is 0 Å². The van der Waals surface area contributed by atoms with E-state index in [1.807, 2.05) is 6.92 Å². The van der Waals surface area contributed by atoms with Gasteiger partial charge in [-0.15, -0.1) is 0 Å². The topological polar surface area (TPSA) is 12.5 Å². The third-order valence-electron chi connectivity index (χ3n) is 3.90. The van der Waals surface area contributed by atoms with Crippen molar-refractivity contribution in [1.29, 1.82) is 0 Å². The molecule has 0 saturated carbocycles. The van der Waals surface area contributed by atoms with Crippen LogP contribution in [0, 0.1) is 18.7 Å². The fourth-order valence-electron chi connectivity index (χ4n) is 2.16. The fourth-order valence-corrected chi connectivity index (χ4v) is 2.16. The number of piperidine rings is 1. The summed E-state index contributed by atoms with van der Waals surface area (Å²) in [5.41, 5.74) is 1.03. The van der Waals surface area contributed by atoms with Crippen molar-refractivity contribution in [2.45, 2.75) is 46.5 Å². The van der Waals surface area contributed by atoms with Gasteiger partial charge in [0.25, 0.3) is 0 Å². The Morgan fingerprint density at radius 3 is 2.38 bits per heavy atom. The van der Waals surface area contributed by atoms with Gasteiger partial charge in [0, 0.05) is 0 Å². The molecule has 1 aliphatic heterocycles. The Labute approximate surface area is 129 Å². The molecule has 1 fully saturated rings. The number of hydrogen-bond acceptors (Lipinski definition) is 2. The number of ether oxygens (including phenoxy) is 1. The predicted octanol–water partition coefficient (Wildman–Crippen LogP) is 4.66. The molecule has 1 heterocycles. The highest BCUT2D eigenvalue weighted by Gasteiger charge is 2.17. The van der Waals surface area contributed by atoms with Gasteiger partial charge in [0.15, 0.2) is 11.6 Å². The Bertz CT molecular complexity index is 398. The minimum atomic E-state index is -0.261. The van der Waals surface area contributed by atoms with E-state index in [2.05, 4.69) is 25.8 Å². The summed E-state index contributed by atoms with van der Waals surface area (Å²) < 4.78 is 19.1. The second-order valence-corrected chi connectivity index (χ2v) is 5.99. The second-order valence-electron chi connectivity index (χ2n) is 5.99. The summed E-state index contributed by atoms with van der Waals surface area (Å²) in [5, 5.41) is 0. The van der Waals surface area contributed by atoms with Crippen LogP contribution in [0.1, 0.15) is 45.1 Å². The first-order valence-corrected chi connectivity index (χ1v) is 8.14. The lowest BCUT2D eigenvalue weighted by molar-refractivity contribution is 0.157. The zero-order chi connectivity index (χ0) is 15.7. The lowest BCUT2D eigenvalue weighted by Gasteiger charge is -2.28. The van der Waals surface area contributed by atoms with Crippen LogP contribution in [-0.2, 0) is 0 Å². The monoisotopic (exact) mass is 295 g/mol. The van der Waals surface area contributed by atoms with Crippen LogP contribution in [0.5, 0.6) is 5.75 Å². The summed E-state index contributed by atoms with van der Waals surface area (Å²) >= 11 is 0. The first-order valence-electron chi connectivity index (χ1n) is 8.14. The average molecular weight is 295 g/mol. The molecule has 1 aromatic carbocycles. The minimum absolute atomic E-state index is 0.261. The highest BCUT2D eigenvalue weighted by molar-refractivity contribution is 5.29. The molecule has 21 heavy (non-hydrogen) atoms. The molecule has 2 nitrogen and oxygen atoms in total. The molecule has 0 atom stereocenters. The van der Waals surface area contributed by atoms with Gasteiger partial charge >= 0.3 is 0 Å². The highest BCUT2D eigenvalue weighted by atomic mass is 19.1. The molecule has 0 N–H and O–H groups in total. The van der Waals surface area contributed by atoms with E-state index < -0.39 is 0 Å². The maximum atomic E-state index is 13.5. The summed E-state index contributed by atoms with van der Waals surface area (Å²) in [6.07, 6.45) is 4.92. The van der Waals surface area contributed by atoms with E-state index in [1.165, 1.54) is 18.9 Å². The number of aryl methyl sites for hydroxylation is 1. The van der Waals surface area contributed by atoms with Gasteiger partial charge in [-0.05, 0) is 63.5 Å². The van der Waals surface area contributed by atoms with E-state index >= 15 is 0 Å². The number of likely N-dealkylation sites (tertiary alicyclic amines) is 1. The molecule has 0 bridgehead atoms. The van der Waals surface area contributed by atoms with Gasteiger partial charge in [0.1, 0.15) is 0 Å². The van der Waals surface area contributed by atoms with Crippen LogP contribution >= 0.6 is 0 Å². The van der Waals surface area contributed by atoms with Gasteiger partial charge in [-0.3, -0.25) is 0 Å². The average Bonchev–Trinajstić information content (AvgIpc) is 2.50. The lowest BCUT2D eigenvalue weighted by atomic mass is 9.98. The first kappa shape index (κ1) is 18.0. The molecule has 120 valence electrons. The van der Waals surface area contributed by atoms with Gasteiger partial charge in [-0.1, -0.05) is 32.8 Å². The Morgan fingerprint density at radius 2 is 1.81 bits per heavy atom. The molecule has 2 rings (SSSR count). The lowest BCUT2D eigenvalue weighted by Crippen LogP contribution is -2.32. The van der Waals surface area contributed by atoms with Crippen molar-refractivity contribution < 1.29 is 9.13 Å². The normalized spacial score (nSPS) is 16.2. The summed E-state index contributed by atoms with van der Waals surface area (Å²) in [6, 6.07) is 5.00. The molecule has 0 unspecified atom stereocenters. The molecule has 0 amide bonds. The van der Waals surface area contributed by atoms with E-state index in [4.69, 9.17) is 4.74 Å². The number of rotatable bonds is 4. The summed E-state index contributed by atoms with van der Waals surface area (Å²) in [4.78, 5) is 2.32. The minimum Gasteiger partial charge on any atom is -0.490 e. The third kappa shape index (κ3) is 6.94. The molecule has 0 aromatic heterocycles. The van der Waals surface area contributed by atoms with E-state index in [1.54, 1.807) is 12.1 Å². The molecule has 1 saturated heterocycles. The number of benzene rings is 1. The van der Waals surface area contributed by atoms with E-state index in [9.17, 15) is 4.39 Å². The second kappa shape index (κ2) is 9.78. The van der Waals surface area contributed by atoms with Crippen LogP contribution in [0.25, 0.3) is 0 Å². The van der Waals surface area contributed by atoms with Crippen LogP contribution in [0.3, 0.4) is 0 Å². The third-order valence-corrected chi connectivity index (χ3v) is 3.90.